The molecule has 1 aromatic heterocycles. The van der Waals surface area contributed by atoms with Gasteiger partial charge in [-0.05, 0) is 38.0 Å². The highest BCUT2D eigenvalue weighted by Gasteiger charge is 2.33. The van der Waals surface area contributed by atoms with Gasteiger partial charge in [0.1, 0.15) is 29.9 Å². The van der Waals surface area contributed by atoms with Gasteiger partial charge in [-0.2, -0.15) is 13.2 Å². The van der Waals surface area contributed by atoms with Gasteiger partial charge in [-0.1, -0.05) is 12.1 Å². The maximum Gasteiger partial charge on any atom is 0.416 e. The highest BCUT2D eigenvalue weighted by atomic mass is 19.4. The highest BCUT2D eigenvalue weighted by Crippen LogP contribution is 2.35. The van der Waals surface area contributed by atoms with E-state index in [1.807, 2.05) is 0 Å². The molecule has 0 saturated carbocycles. The van der Waals surface area contributed by atoms with Crippen molar-refractivity contribution < 1.29 is 27.4 Å². The number of hydrogen-bond acceptors (Lipinski definition) is 6. The molecule has 0 bridgehead atoms. The summed E-state index contributed by atoms with van der Waals surface area (Å²) in [5, 5.41) is 3.13. The van der Waals surface area contributed by atoms with E-state index < -0.39 is 24.1 Å². The zero-order chi connectivity index (χ0) is 21.2. The lowest BCUT2D eigenvalue weighted by Gasteiger charge is -2.22. The molecular formula is C20H20F3N3O3. The third-order valence-corrected chi connectivity index (χ3v) is 4.65. The number of rotatable bonds is 6. The smallest absolute Gasteiger partial charge is 0.416 e. The highest BCUT2D eigenvalue weighted by molar-refractivity contribution is 5.77. The minimum atomic E-state index is -4.44. The van der Waals surface area contributed by atoms with Crippen molar-refractivity contribution in [3.8, 4) is 0 Å². The minimum absolute atomic E-state index is 0.134. The Labute approximate surface area is 165 Å². The second-order valence-corrected chi connectivity index (χ2v) is 6.66. The molecule has 0 fully saturated rings. The van der Waals surface area contributed by atoms with E-state index in [1.165, 1.54) is 25.5 Å². The molecule has 154 valence electrons. The summed E-state index contributed by atoms with van der Waals surface area (Å²) in [7, 11) is 0. The van der Waals surface area contributed by atoms with Gasteiger partial charge < -0.3 is 14.8 Å². The summed E-state index contributed by atoms with van der Waals surface area (Å²) in [5.74, 6) is 0.709. The average molecular weight is 407 g/mol. The van der Waals surface area contributed by atoms with Crippen LogP contribution in [0.3, 0.4) is 0 Å². The third kappa shape index (κ3) is 4.49. The van der Waals surface area contributed by atoms with E-state index in [9.17, 15) is 18.0 Å². The summed E-state index contributed by atoms with van der Waals surface area (Å²) in [6.07, 6.45) is -1.49. The zero-order valence-electron chi connectivity index (χ0n) is 16.1. The number of alkyl halides is 3. The molecule has 1 aromatic carbocycles. The number of nitrogens with one attached hydrogen (secondary N) is 1. The van der Waals surface area contributed by atoms with Gasteiger partial charge in [0.15, 0.2) is 6.29 Å². The maximum atomic E-state index is 13.2. The van der Waals surface area contributed by atoms with E-state index in [-0.39, 0.29) is 17.7 Å². The molecule has 29 heavy (non-hydrogen) atoms. The second-order valence-electron chi connectivity index (χ2n) is 6.66. The first kappa shape index (κ1) is 20.6. The lowest BCUT2D eigenvalue weighted by atomic mass is 9.97. The fourth-order valence-electron chi connectivity index (χ4n) is 3.28. The zero-order valence-corrected chi connectivity index (χ0v) is 16.1. The number of aldehydes is 1. The number of benzene rings is 1. The van der Waals surface area contributed by atoms with Crippen LogP contribution in [0.5, 0.6) is 0 Å². The monoisotopic (exact) mass is 407 g/mol. The van der Waals surface area contributed by atoms with Crippen LogP contribution in [0.25, 0.3) is 0 Å². The van der Waals surface area contributed by atoms with Crippen molar-refractivity contribution in [1.29, 1.82) is 0 Å². The number of carbonyl (C=O) groups excluding carboxylic acids is 1. The van der Waals surface area contributed by atoms with Gasteiger partial charge >= 0.3 is 6.18 Å². The number of aryl methyl sites for hydroxylation is 1. The topological polar surface area (TPSA) is 73.3 Å². The van der Waals surface area contributed by atoms with Crippen molar-refractivity contribution in [3.63, 3.8) is 0 Å². The lowest BCUT2D eigenvalue weighted by Crippen LogP contribution is -2.19. The first-order valence-electron chi connectivity index (χ1n) is 8.92. The summed E-state index contributed by atoms with van der Waals surface area (Å²) < 4.78 is 50.3. The van der Waals surface area contributed by atoms with E-state index >= 15 is 0 Å². The summed E-state index contributed by atoms with van der Waals surface area (Å²) in [6.45, 7) is 4.80. The van der Waals surface area contributed by atoms with Crippen molar-refractivity contribution in [1.82, 2.24) is 9.97 Å². The Morgan fingerprint density at radius 3 is 2.52 bits per heavy atom. The fourth-order valence-corrected chi connectivity index (χ4v) is 3.28. The molecule has 0 amide bonds. The Morgan fingerprint density at radius 2 is 1.90 bits per heavy atom. The summed E-state index contributed by atoms with van der Waals surface area (Å²) in [5.41, 5.74) is 0.567. The number of carbonyl (C=O) groups is 1. The molecular weight excluding hydrogens is 387 g/mol. The molecule has 0 aliphatic carbocycles. The largest absolute Gasteiger partial charge is 0.459 e. The number of halogens is 3. The normalized spacial score (nSPS) is 15.0. The van der Waals surface area contributed by atoms with Crippen LogP contribution in [-0.2, 0) is 22.1 Å². The summed E-state index contributed by atoms with van der Waals surface area (Å²) >= 11 is 0. The van der Waals surface area contributed by atoms with Crippen molar-refractivity contribution in [2.75, 3.05) is 5.32 Å². The van der Waals surface area contributed by atoms with Crippen LogP contribution in [0.2, 0.25) is 0 Å². The molecule has 1 aliphatic heterocycles. The van der Waals surface area contributed by atoms with Crippen LogP contribution in [0.4, 0.5) is 19.0 Å². The SMILES string of the molecule is Cc1nc(C=O)c(CC2OC=CO2)c(N[C@H](C)c2cccc(C(F)(F)F)c2C)n1. The van der Waals surface area contributed by atoms with E-state index in [2.05, 4.69) is 15.3 Å². The van der Waals surface area contributed by atoms with Gasteiger partial charge in [0.25, 0.3) is 0 Å². The molecule has 0 radical (unpaired) electrons. The Bertz CT molecular complexity index is 937. The molecule has 2 heterocycles. The Hall–Kier alpha value is -3.10. The van der Waals surface area contributed by atoms with Crippen LogP contribution >= 0.6 is 0 Å². The Balaban J connectivity index is 1.95. The number of nitrogens with zero attached hydrogens (tertiary/aromatic N) is 2. The van der Waals surface area contributed by atoms with Gasteiger partial charge in [-0.3, -0.25) is 4.79 Å². The molecule has 3 rings (SSSR count). The van der Waals surface area contributed by atoms with Crippen LogP contribution in [-0.4, -0.2) is 22.5 Å². The number of anilines is 1. The van der Waals surface area contributed by atoms with E-state index in [1.54, 1.807) is 19.9 Å². The van der Waals surface area contributed by atoms with Gasteiger partial charge in [0, 0.05) is 5.56 Å². The standard InChI is InChI=1S/C20H20F3N3O3/c1-11-14(5-4-6-16(11)20(21,22)23)12(2)24-19-15(9-18-28-7-8-29-18)17(10-27)25-13(3)26-19/h4-8,10,12,18H,9H2,1-3H3,(H,24,25,26)/t12-/m1/s1. The lowest BCUT2D eigenvalue weighted by molar-refractivity contribution is -0.138. The quantitative estimate of drug-likeness (QED) is 0.712. The van der Waals surface area contributed by atoms with Gasteiger partial charge in [-0.15, -0.1) is 0 Å². The number of aromatic nitrogens is 2. The van der Waals surface area contributed by atoms with Crippen LogP contribution in [0, 0.1) is 13.8 Å². The van der Waals surface area contributed by atoms with Crippen molar-refractivity contribution in [2.45, 2.75) is 45.7 Å². The number of ether oxygens (including phenoxy) is 2. The molecule has 1 N–H and O–H groups in total. The van der Waals surface area contributed by atoms with Crippen LogP contribution < -0.4 is 5.32 Å². The van der Waals surface area contributed by atoms with E-state index in [0.29, 0.717) is 29.1 Å². The maximum absolute atomic E-state index is 13.2. The fraction of sp³-hybridized carbons (Fsp3) is 0.350. The van der Waals surface area contributed by atoms with Crippen molar-refractivity contribution in [2.24, 2.45) is 0 Å². The van der Waals surface area contributed by atoms with Gasteiger partial charge in [0.2, 0.25) is 6.29 Å². The molecule has 0 saturated heterocycles. The molecule has 2 aromatic rings. The summed E-state index contributed by atoms with van der Waals surface area (Å²) in [6, 6.07) is 3.55. The first-order valence-corrected chi connectivity index (χ1v) is 8.92. The molecule has 0 spiro atoms. The number of hydrogen-bond donors (Lipinski definition) is 1. The molecule has 0 unspecified atom stereocenters. The average Bonchev–Trinajstić information content (AvgIpc) is 3.15. The molecule has 6 nitrogen and oxygen atoms in total. The first-order chi connectivity index (χ1) is 13.7. The predicted octanol–water partition coefficient (Wildman–Crippen LogP) is 4.48. The molecule has 1 atom stereocenters. The Kier molecular flexibility index (Phi) is 5.76. The van der Waals surface area contributed by atoms with Gasteiger partial charge in [0.05, 0.1) is 18.0 Å². The van der Waals surface area contributed by atoms with E-state index in [4.69, 9.17) is 9.47 Å². The van der Waals surface area contributed by atoms with Crippen LogP contribution in [0.15, 0.2) is 30.7 Å². The van der Waals surface area contributed by atoms with Crippen molar-refractivity contribution >= 4 is 12.1 Å². The van der Waals surface area contributed by atoms with Crippen molar-refractivity contribution in [3.05, 3.63) is 64.5 Å². The third-order valence-electron chi connectivity index (χ3n) is 4.65. The predicted molar refractivity (Wildman–Crippen MR) is 99.2 cm³/mol. The second kappa shape index (κ2) is 8.10. The van der Waals surface area contributed by atoms with E-state index in [0.717, 1.165) is 6.07 Å². The molecule has 9 heteroatoms. The Morgan fingerprint density at radius 1 is 1.21 bits per heavy atom. The molecule has 1 aliphatic rings. The summed E-state index contributed by atoms with van der Waals surface area (Å²) in [4.78, 5) is 20.0. The minimum Gasteiger partial charge on any atom is -0.459 e. The van der Waals surface area contributed by atoms with Crippen LogP contribution in [0.1, 0.15) is 51.5 Å². The van der Waals surface area contributed by atoms with Gasteiger partial charge in [-0.25, -0.2) is 9.97 Å².